The number of carbonyl (C=O) groups is 1. The molecule has 80 valence electrons. The van der Waals surface area contributed by atoms with Crippen molar-refractivity contribution in [3.63, 3.8) is 0 Å². The Balaban J connectivity index is 2.23. The van der Waals surface area contributed by atoms with Crippen LogP contribution in [0.3, 0.4) is 0 Å². The number of rotatable bonds is 2. The largest absolute Gasteiger partial charge is 0.349 e. The lowest BCUT2D eigenvalue weighted by atomic mass is 10.1. The summed E-state index contributed by atoms with van der Waals surface area (Å²) in [5, 5.41) is 3.54. The molecule has 0 unspecified atom stereocenters. The highest BCUT2D eigenvalue weighted by Gasteiger charge is 2.24. The van der Waals surface area contributed by atoms with Gasteiger partial charge >= 0.3 is 0 Å². The maximum atomic E-state index is 11.7. The van der Waals surface area contributed by atoms with Crippen LogP contribution in [0.15, 0.2) is 16.6 Å². The summed E-state index contributed by atoms with van der Waals surface area (Å²) in [5.41, 5.74) is 1.57. The smallest absolute Gasteiger partial charge is 0.251 e. The van der Waals surface area contributed by atoms with Gasteiger partial charge in [0.15, 0.2) is 0 Å². The lowest BCUT2D eigenvalue weighted by Gasteiger charge is -2.07. The van der Waals surface area contributed by atoms with Crippen molar-refractivity contribution in [3.8, 4) is 0 Å². The molecular weight excluding hydrogens is 277 g/mol. The van der Waals surface area contributed by atoms with E-state index in [0.717, 1.165) is 22.9 Å². The molecule has 1 amide bonds. The Morgan fingerprint density at radius 3 is 2.73 bits per heavy atom. The Morgan fingerprint density at radius 1 is 1.53 bits per heavy atom. The molecule has 1 fully saturated rings. The summed E-state index contributed by atoms with van der Waals surface area (Å²) in [5.74, 6) is -0.0416. The summed E-state index contributed by atoms with van der Waals surface area (Å²) in [6.45, 7) is 1.91. The summed E-state index contributed by atoms with van der Waals surface area (Å²) in [6.07, 6.45) is 2.18. The molecule has 1 N–H and O–H groups in total. The van der Waals surface area contributed by atoms with Gasteiger partial charge in [-0.25, -0.2) is 0 Å². The Kier molecular flexibility index (Phi) is 3.03. The monoisotopic (exact) mass is 287 g/mol. The van der Waals surface area contributed by atoms with Crippen LogP contribution in [0.1, 0.15) is 28.8 Å². The van der Waals surface area contributed by atoms with E-state index < -0.39 is 0 Å². The number of hydrogen-bond acceptors (Lipinski definition) is 1. The second kappa shape index (κ2) is 4.14. The molecule has 0 heterocycles. The highest BCUT2D eigenvalue weighted by atomic mass is 79.9. The first-order valence-electron chi connectivity index (χ1n) is 4.84. The van der Waals surface area contributed by atoms with E-state index in [2.05, 4.69) is 21.2 Å². The zero-order valence-corrected chi connectivity index (χ0v) is 10.7. The number of benzene rings is 1. The third-order valence-corrected chi connectivity index (χ3v) is 3.67. The lowest BCUT2D eigenvalue weighted by molar-refractivity contribution is 0.0951. The molecule has 0 bridgehead atoms. The van der Waals surface area contributed by atoms with Crippen LogP contribution in [0.25, 0.3) is 0 Å². The standard InChI is InChI=1S/C11H11BrClNO/c1-6-9(12)4-7(5-10(6)13)11(15)14-8-2-3-8/h4-5,8H,2-3H2,1H3,(H,14,15). The van der Waals surface area contributed by atoms with Gasteiger partial charge in [0.05, 0.1) is 0 Å². The first-order valence-corrected chi connectivity index (χ1v) is 6.01. The number of halogens is 2. The van der Waals surface area contributed by atoms with Crippen LogP contribution in [0.4, 0.5) is 0 Å². The average Bonchev–Trinajstić information content (AvgIpc) is 2.97. The van der Waals surface area contributed by atoms with Gasteiger partial charge < -0.3 is 5.32 Å². The van der Waals surface area contributed by atoms with E-state index in [0.29, 0.717) is 16.6 Å². The molecule has 0 spiro atoms. The highest BCUT2D eigenvalue weighted by Crippen LogP contribution is 2.26. The van der Waals surface area contributed by atoms with E-state index in [4.69, 9.17) is 11.6 Å². The van der Waals surface area contributed by atoms with Gasteiger partial charge in [-0.1, -0.05) is 27.5 Å². The van der Waals surface area contributed by atoms with Crippen LogP contribution in [0.5, 0.6) is 0 Å². The zero-order valence-electron chi connectivity index (χ0n) is 8.31. The molecule has 1 saturated carbocycles. The third kappa shape index (κ3) is 2.52. The predicted octanol–water partition coefficient (Wildman–Crippen LogP) is 3.30. The van der Waals surface area contributed by atoms with Crippen LogP contribution in [-0.2, 0) is 0 Å². The Morgan fingerprint density at radius 2 is 2.20 bits per heavy atom. The van der Waals surface area contributed by atoms with Gasteiger partial charge in [0.25, 0.3) is 5.91 Å². The van der Waals surface area contributed by atoms with Gasteiger partial charge in [-0.3, -0.25) is 4.79 Å². The van der Waals surface area contributed by atoms with Crippen LogP contribution in [0.2, 0.25) is 5.02 Å². The summed E-state index contributed by atoms with van der Waals surface area (Å²) < 4.78 is 0.871. The molecule has 1 aliphatic rings. The Bertz CT molecular complexity index is 392. The van der Waals surface area contributed by atoms with E-state index in [1.54, 1.807) is 12.1 Å². The average molecular weight is 289 g/mol. The van der Waals surface area contributed by atoms with E-state index in [9.17, 15) is 4.79 Å². The van der Waals surface area contributed by atoms with Crippen molar-refractivity contribution in [2.24, 2.45) is 0 Å². The minimum Gasteiger partial charge on any atom is -0.349 e. The molecule has 0 aliphatic heterocycles. The van der Waals surface area contributed by atoms with E-state index in [1.165, 1.54) is 0 Å². The Labute approximate surface area is 102 Å². The normalized spacial score (nSPS) is 15.1. The molecule has 15 heavy (non-hydrogen) atoms. The van der Waals surface area contributed by atoms with Crippen molar-refractivity contribution in [2.75, 3.05) is 0 Å². The van der Waals surface area contributed by atoms with Crippen LogP contribution < -0.4 is 5.32 Å². The highest BCUT2D eigenvalue weighted by molar-refractivity contribution is 9.10. The molecule has 0 saturated heterocycles. The van der Waals surface area contributed by atoms with Crippen molar-refractivity contribution >= 4 is 33.4 Å². The summed E-state index contributed by atoms with van der Waals surface area (Å²) in [6, 6.07) is 3.88. The lowest BCUT2D eigenvalue weighted by Crippen LogP contribution is -2.25. The van der Waals surface area contributed by atoms with Crippen LogP contribution in [0, 0.1) is 6.92 Å². The molecule has 1 aliphatic carbocycles. The predicted molar refractivity (Wildman–Crippen MR) is 64.4 cm³/mol. The number of amides is 1. The number of nitrogens with one attached hydrogen (secondary N) is 1. The summed E-state index contributed by atoms with van der Waals surface area (Å²) in [7, 11) is 0. The molecular formula is C11H11BrClNO. The van der Waals surface area contributed by atoms with E-state index in [-0.39, 0.29) is 5.91 Å². The first kappa shape index (κ1) is 11.0. The molecule has 2 rings (SSSR count). The third-order valence-electron chi connectivity index (χ3n) is 2.46. The van der Waals surface area contributed by atoms with Crippen molar-refractivity contribution in [1.29, 1.82) is 0 Å². The van der Waals surface area contributed by atoms with Gasteiger partial charge in [-0.15, -0.1) is 0 Å². The fourth-order valence-electron chi connectivity index (χ4n) is 1.27. The zero-order chi connectivity index (χ0) is 11.0. The molecule has 1 aromatic carbocycles. The maximum absolute atomic E-state index is 11.7. The van der Waals surface area contributed by atoms with E-state index in [1.807, 2.05) is 6.92 Å². The fraction of sp³-hybridized carbons (Fsp3) is 0.364. The second-order valence-electron chi connectivity index (χ2n) is 3.81. The Hall–Kier alpha value is -0.540. The molecule has 2 nitrogen and oxygen atoms in total. The first-order chi connectivity index (χ1) is 7.08. The minimum atomic E-state index is -0.0416. The van der Waals surface area contributed by atoms with Gasteiger partial charge in [-0.05, 0) is 37.5 Å². The summed E-state index contributed by atoms with van der Waals surface area (Å²) in [4.78, 5) is 11.7. The molecule has 0 atom stereocenters. The minimum absolute atomic E-state index is 0.0416. The SMILES string of the molecule is Cc1c(Cl)cc(C(=O)NC2CC2)cc1Br. The number of hydrogen-bond donors (Lipinski definition) is 1. The molecule has 0 radical (unpaired) electrons. The molecule has 4 heteroatoms. The van der Waals surface area contributed by atoms with Gasteiger partial charge in [0, 0.05) is 21.1 Å². The van der Waals surface area contributed by atoms with Crippen molar-refractivity contribution < 1.29 is 4.79 Å². The van der Waals surface area contributed by atoms with Gasteiger partial charge in [0.1, 0.15) is 0 Å². The maximum Gasteiger partial charge on any atom is 0.251 e. The van der Waals surface area contributed by atoms with Crippen molar-refractivity contribution in [1.82, 2.24) is 5.32 Å². The van der Waals surface area contributed by atoms with Crippen LogP contribution in [-0.4, -0.2) is 11.9 Å². The molecule has 1 aromatic rings. The van der Waals surface area contributed by atoms with Gasteiger partial charge in [0.2, 0.25) is 0 Å². The van der Waals surface area contributed by atoms with Gasteiger partial charge in [-0.2, -0.15) is 0 Å². The fourth-order valence-corrected chi connectivity index (χ4v) is 2.07. The van der Waals surface area contributed by atoms with E-state index >= 15 is 0 Å². The second-order valence-corrected chi connectivity index (χ2v) is 5.07. The quantitative estimate of drug-likeness (QED) is 0.889. The molecule has 0 aromatic heterocycles. The van der Waals surface area contributed by atoms with Crippen molar-refractivity contribution in [3.05, 3.63) is 32.8 Å². The number of carbonyl (C=O) groups excluding carboxylic acids is 1. The van der Waals surface area contributed by atoms with Crippen molar-refractivity contribution in [2.45, 2.75) is 25.8 Å². The summed E-state index contributed by atoms with van der Waals surface area (Å²) >= 11 is 9.39. The topological polar surface area (TPSA) is 29.1 Å². The van der Waals surface area contributed by atoms with Crippen LogP contribution >= 0.6 is 27.5 Å².